The van der Waals surface area contributed by atoms with Crippen LogP contribution in [0.2, 0.25) is 0 Å². The van der Waals surface area contributed by atoms with Crippen LogP contribution in [0.25, 0.3) is 60.5 Å². The van der Waals surface area contributed by atoms with Gasteiger partial charge < -0.3 is 4.57 Å². The molecule has 0 saturated heterocycles. The second kappa shape index (κ2) is 5.84. The van der Waals surface area contributed by atoms with Gasteiger partial charge >= 0.3 is 0 Å². The summed E-state index contributed by atoms with van der Waals surface area (Å²) in [5, 5.41) is 5.35. The maximum absolute atomic E-state index is 3.58. The minimum Gasteiger partial charge on any atom is -0.309 e. The number of aromatic nitrogens is 1. The molecule has 0 fully saturated rings. The van der Waals surface area contributed by atoms with Crippen LogP contribution in [0.4, 0.5) is 0 Å². The summed E-state index contributed by atoms with van der Waals surface area (Å²) in [5.74, 6) is 0. The van der Waals surface area contributed by atoms with Gasteiger partial charge in [-0.25, -0.2) is 0 Å². The van der Waals surface area contributed by atoms with E-state index in [1.807, 2.05) is 0 Å². The molecule has 0 radical (unpaired) electrons. The molecular weight excluding hydrogens is 430 g/mol. The summed E-state index contributed by atoms with van der Waals surface area (Å²) in [4.78, 5) is 0. The van der Waals surface area contributed by atoms with E-state index in [1.165, 1.54) is 60.5 Å². The van der Waals surface area contributed by atoms with Crippen molar-refractivity contribution in [2.75, 3.05) is 0 Å². The van der Waals surface area contributed by atoms with Gasteiger partial charge in [0.25, 0.3) is 0 Å². The minimum absolute atomic E-state index is 1.09. The molecule has 1 nitrogen and oxygen atoms in total. The summed E-state index contributed by atoms with van der Waals surface area (Å²) in [6.07, 6.45) is 0. The smallest absolute Gasteiger partial charge is 0.0547 e. The first-order chi connectivity index (χ1) is 14.8. The molecular formula is C28H16BrN. The Morgan fingerprint density at radius 2 is 1.10 bits per heavy atom. The van der Waals surface area contributed by atoms with Gasteiger partial charge in [-0.15, -0.1) is 0 Å². The molecule has 1 aliphatic rings. The standard InChI is InChI=1S/C28H16BrN/c29-18-12-14-19(15-13-18)30-24-10-4-9-23-21-7-2-1-6-20(21)22-8-3-5-17-11-16-25(30)28(26(17)22)27(23)24/h1-16H. The molecule has 0 unspecified atom stereocenters. The van der Waals surface area contributed by atoms with Gasteiger partial charge in [0.2, 0.25) is 0 Å². The molecule has 2 heteroatoms. The van der Waals surface area contributed by atoms with E-state index in [0.29, 0.717) is 0 Å². The summed E-state index contributed by atoms with van der Waals surface area (Å²) < 4.78 is 3.50. The molecule has 5 aromatic carbocycles. The number of benzene rings is 5. The Bertz CT molecular complexity index is 1640. The molecule has 140 valence electrons. The van der Waals surface area contributed by atoms with E-state index in [9.17, 15) is 0 Å². The third kappa shape index (κ3) is 2.02. The molecule has 1 heterocycles. The number of nitrogens with zero attached hydrogens (tertiary/aromatic N) is 1. The van der Waals surface area contributed by atoms with E-state index in [1.54, 1.807) is 0 Å². The first-order valence-corrected chi connectivity index (χ1v) is 11.0. The van der Waals surface area contributed by atoms with Crippen LogP contribution in [-0.2, 0) is 0 Å². The van der Waals surface area contributed by atoms with Crippen molar-refractivity contribution in [1.29, 1.82) is 0 Å². The summed E-state index contributed by atoms with van der Waals surface area (Å²) in [6, 6.07) is 35.4. The Labute approximate surface area is 182 Å². The van der Waals surface area contributed by atoms with Crippen LogP contribution in [0.3, 0.4) is 0 Å². The third-order valence-corrected chi connectivity index (χ3v) is 6.92. The Kier molecular flexibility index (Phi) is 3.20. The highest BCUT2D eigenvalue weighted by Crippen LogP contribution is 2.49. The molecule has 6 aromatic rings. The van der Waals surface area contributed by atoms with E-state index in [0.717, 1.165) is 4.47 Å². The lowest BCUT2D eigenvalue weighted by Gasteiger charge is -2.13. The second-order valence-corrected chi connectivity index (χ2v) is 8.84. The van der Waals surface area contributed by atoms with Gasteiger partial charge in [0, 0.05) is 20.9 Å². The topological polar surface area (TPSA) is 4.93 Å². The largest absolute Gasteiger partial charge is 0.309 e. The lowest BCUT2D eigenvalue weighted by Crippen LogP contribution is -1.94. The predicted octanol–water partition coefficient (Wildman–Crippen LogP) is 8.35. The van der Waals surface area contributed by atoms with Gasteiger partial charge in [0.05, 0.1) is 11.0 Å². The highest BCUT2D eigenvalue weighted by atomic mass is 79.9. The third-order valence-electron chi connectivity index (χ3n) is 6.39. The molecule has 0 N–H and O–H groups in total. The van der Waals surface area contributed by atoms with Crippen molar-refractivity contribution in [3.8, 4) is 27.9 Å². The SMILES string of the molecule is Brc1ccc(-n2c3cccc4c3c3c5c(cccc5ccc32)-c2ccccc2-4)cc1. The molecule has 0 spiro atoms. The molecule has 1 aromatic heterocycles. The van der Waals surface area contributed by atoms with Gasteiger partial charge in [0.15, 0.2) is 0 Å². The van der Waals surface area contributed by atoms with Crippen LogP contribution in [0.5, 0.6) is 0 Å². The molecule has 0 amide bonds. The highest BCUT2D eigenvalue weighted by molar-refractivity contribution is 9.10. The first-order valence-electron chi connectivity index (χ1n) is 10.2. The number of hydrogen-bond donors (Lipinski definition) is 0. The average Bonchev–Trinajstić information content (AvgIpc) is 3.07. The Balaban J connectivity index is 1.80. The zero-order valence-electron chi connectivity index (χ0n) is 16.1. The predicted molar refractivity (Wildman–Crippen MR) is 130 cm³/mol. The van der Waals surface area contributed by atoms with Crippen molar-refractivity contribution in [3.63, 3.8) is 0 Å². The van der Waals surface area contributed by atoms with Gasteiger partial charge in [-0.1, -0.05) is 76.6 Å². The fraction of sp³-hybridized carbons (Fsp3) is 0. The highest BCUT2D eigenvalue weighted by Gasteiger charge is 2.24. The summed E-state index contributed by atoms with van der Waals surface area (Å²) in [7, 11) is 0. The van der Waals surface area contributed by atoms with Gasteiger partial charge in [-0.2, -0.15) is 0 Å². The molecule has 0 bridgehead atoms. The van der Waals surface area contributed by atoms with Gasteiger partial charge in [-0.05, 0) is 69.4 Å². The van der Waals surface area contributed by atoms with Gasteiger partial charge in [0.1, 0.15) is 0 Å². The molecule has 7 rings (SSSR count). The van der Waals surface area contributed by atoms with E-state index in [4.69, 9.17) is 0 Å². The van der Waals surface area contributed by atoms with Crippen molar-refractivity contribution in [1.82, 2.24) is 4.57 Å². The van der Waals surface area contributed by atoms with Crippen LogP contribution >= 0.6 is 15.9 Å². The van der Waals surface area contributed by atoms with Crippen LogP contribution in [0, 0.1) is 0 Å². The molecule has 0 atom stereocenters. The minimum atomic E-state index is 1.09. The fourth-order valence-electron chi connectivity index (χ4n) is 5.20. The second-order valence-electron chi connectivity index (χ2n) is 7.92. The zero-order valence-corrected chi connectivity index (χ0v) is 17.6. The van der Waals surface area contributed by atoms with Crippen molar-refractivity contribution >= 4 is 48.5 Å². The van der Waals surface area contributed by atoms with E-state index in [-0.39, 0.29) is 0 Å². The Morgan fingerprint density at radius 1 is 0.467 bits per heavy atom. The number of fused-ring (bicyclic) bond motifs is 3. The maximum atomic E-state index is 3.58. The summed E-state index contributed by atoms with van der Waals surface area (Å²) >= 11 is 3.58. The van der Waals surface area contributed by atoms with Gasteiger partial charge in [-0.3, -0.25) is 0 Å². The van der Waals surface area contributed by atoms with Crippen molar-refractivity contribution < 1.29 is 0 Å². The van der Waals surface area contributed by atoms with Crippen LogP contribution in [0.15, 0.2) is 102 Å². The zero-order chi connectivity index (χ0) is 19.8. The van der Waals surface area contributed by atoms with Crippen LogP contribution in [0.1, 0.15) is 0 Å². The molecule has 1 aliphatic carbocycles. The normalized spacial score (nSPS) is 12.2. The van der Waals surface area contributed by atoms with Crippen molar-refractivity contribution in [3.05, 3.63) is 102 Å². The van der Waals surface area contributed by atoms with E-state index in [2.05, 4.69) is 118 Å². The monoisotopic (exact) mass is 445 g/mol. The average molecular weight is 446 g/mol. The molecule has 0 saturated carbocycles. The summed E-state index contributed by atoms with van der Waals surface area (Å²) in [5.41, 5.74) is 8.95. The van der Waals surface area contributed by atoms with Crippen LogP contribution < -0.4 is 0 Å². The van der Waals surface area contributed by atoms with Crippen LogP contribution in [-0.4, -0.2) is 4.57 Å². The number of hydrogen-bond acceptors (Lipinski definition) is 0. The Morgan fingerprint density at radius 3 is 1.87 bits per heavy atom. The van der Waals surface area contributed by atoms with Crippen molar-refractivity contribution in [2.24, 2.45) is 0 Å². The number of rotatable bonds is 1. The molecule has 0 aliphatic heterocycles. The Hall–Kier alpha value is -3.36. The molecule has 30 heavy (non-hydrogen) atoms. The number of halogens is 1. The van der Waals surface area contributed by atoms with E-state index < -0.39 is 0 Å². The van der Waals surface area contributed by atoms with E-state index >= 15 is 0 Å². The quantitative estimate of drug-likeness (QED) is 0.239. The lowest BCUT2D eigenvalue weighted by molar-refractivity contribution is 1.18. The summed E-state index contributed by atoms with van der Waals surface area (Å²) in [6.45, 7) is 0. The first kappa shape index (κ1) is 16.4. The van der Waals surface area contributed by atoms with Crippen molar-refractivity contribution in [2.45, 2.75) is 0 Å². The maximum Gasteiger partial charge on any atom is 0.0547 e. The lowest BCUT2D eigenvalue weighted by atomic mass is 9.93. The fourth-order valence-corrected chi connectivity index (χ4v) is 5.46.